The van der Waals surface area contributed by atoms with Gasteiger partial charge in [-0.05, 0) is 21.6 Å². The summed E-state index contributed by atoms with van der Waals surface area (Å²) in [5.41, 5.74) is -2.93. The van der Waals surface area contributed by atoms with Crippen LogP contribution in [0.5, 0.6) is 0 Å². The van der Waals surface area contributed by atoms with Gasteiger partial charge < -0.3 is 0 Å². The van der Waals surface area contributed by atoms with Crippen molar-refractivity contribution in [3.63, 3.8) is 0 Å². The fourth-order valence-corrected chi connectivity index (χ4v) is 5.08. The Balaban J connectivity index is 2.64. The molecule has 1 aliphatic rings. The SMILES string of the molecule is O=[N+]([O-])c1cc([N+](=O)[O-])c2c([N+](=O)[O-])cc([N+](=O)[O-])c3c2c1SS3. The van der Waals surface area contributed by atoms with Crippen molar-refractivity contribution >= 4 is 55.1 Å². The highest BCUT2D eigenvalue weighted by molar-refractivity contribution is 8.77. The van der Waals surface area contributed by atoms with Gasteiger partial charge in [0, 0.05) is 5.39 Å². The minimum absolute atomic E-state index is 0.0765. The quantitative estimate of drug-likeness (QED) is 0.439. The highest BCUT2D eigenvalue weighted by Crippen LogP contribution is 2.60. The van der Waals surface area contributed by atoms with Crippen molar-refractivity contribution in [3.05, 3.63) is 52.6 Å². The van der Waals surface area contributed by atoms with Crippen molar-refractivity contribution in [3.8, 4) is 0 Å². The third kappa shape index (κ3) is 2.11. The molecule has 0 atom stereocenters. The Hall–Kier alpha value is -3.00. The maximum atomic E-state index is 11.2. The summed E-state index contributed by atoms with van der Waals surface area (Å²) in [6.45, 7) is 0. The van der Waals surface area contributed by atoms with Crippen LogP contribution < -0.4 is 0 Å². The topological polar surface area (TPSA) is 173 Å². The number of nitrogens with zero attached hydrogens (tertiary/aromatic N) is 4. The fourth-order valence-electron chi connectivity index (χ4n) is 2.32. The standard InChI is InChI=1S/C10H2N4O8S2/c15-11(16)3-1-5(13(19)20)9-8-7(3)4(12(17)18)2-6(14(21)22)10(8)24-23-9/h1-2H. The van der Waals surface area contributed by atoms with Gasteiger partial charge in [-0.2, -0.15) is 0 Å². The second-order valence-corrected chi connectivity index (χ2v) is 6.58. The summed E-state index contributed by atoms with van der Waals surface area (Å²) >= 11 is 0. The van der Waals surface area contributed by atoms with E-state index in [-0.39, 0.29) is 15.2 Å². The van der Waals surface area contributed by atoms with Crippen molar-refractivity contribution < 1.29 is 19.7 Å². The molecule has 24 heavy (non-hydrogen) atoms. The van der Waals surface area contributed by atoms with E-state index < -0.39 is 47.8 Å². The molecular weight excluding hydrogens is 368 g/mol. The highest BCUT2D eigenvalue weighted by atomic mass is 33.1. The molecule has 0 spiro atoms. The average Bonchev–Trinajstić information content (AvgIpc) is 2.92. The third-order valence-electron chi connectivity index (χ3n) is 3.22. The van der Waals surface area contributed by atoms with Crippen molar-refractivity contribution in [1.29, 1.82) is 0 Å². The lowest BCUT2D eigenvalue weighted by Crippen LogP contribution is -2.00. The van der Waals surface area contributed by atoms with Gasteiger partial charge in [0.2, 0.25) is 0 Å². The zero-order chi connectivity index (χ0) is 17.8. The molecule has 0 radical (unpaired) electrons. The molecule has 1 aliphatic heterocycles. The first-order chi connectivity index (χ1) is 11.2. The number of rotatable bonds is 4. The van der Waals surface area contributed by atoms with E-state index in [1.807, 2.05) is 0 Å². The first-order valence-corrected chi connectivity index (χ1v) is 7.98. The van der Waals surface area contributed by atoms with Crippen LogP contribution >= 0.6 is 21.6 Å². The van der Waals surface area contributed by atoms with E-state index in [0.29, 0.717) is 12.1 Å². The average molecular weight is 370 g/mol. The molecule has 2 aromatic rings. The Morgan fingerprint density at radius 3 is 1.21 bits per heavy atom. The van der Waals surface area contributed by atoms with Crippen LogP contribution in [0.2, 0.25) is 0 Å². The Morgan fingerprint density at radius 2 is 0.917 bits per heavy atom. The second-order valence-electron chi connectivity index (χ2n) is 4.43. The van der Waals surface area contributed by atoms with E-state index in [1.165, 1.54) is 0 Å². The number of benzene rings is 2. The summed E-state index contributed by atoms with van der Waals surface area (Å²) in [4.78, 5) is 40.9. The zero-order valence-corrected chi connectivity index (χ0v) is 12.7. The monoisotopic (exact) mass is 370 g/mol. The molecule has 3 rings (SSSR count). The second kappa shape index (κ2) is 5.27. The molecule has 0 bridgehead atoms. The van der Waals surface area contributed by atoms with Crippen LogP contribution in [0.25, 0.3) is 10.8 Å². The first-order valence-electron chi connectivity index (χ1n) is 5.83. The Labute approximate surface area is 137 Å². The molecule has 14 heteroatoms. The Bertz CT molecular complexity index is 916. The summed E-state index contributed by atoms with van der Waals surface area (Å²) in [6.07, 6.45) is 0. The van der Waals surface area contributed by atoms with Gasteiger partial charge in [0.05, 0.1) is 31.8 Å². The normalized spacial score (nSPS) is 12.3. The first kappa shape index (κ1) is 15.9. The number of non-ortho nitro benzene ring substituents is 2. The summed E-state index contributed by atoms with van der Waals surface area (Å²) in [5, 5.41) is 44.1. The van der Waals surface area contributed by atoms with Gasteiger partial charge in [-0.3, -0.25) is 40.5 Å². The maximum Gasteiger partial charge on any atom is 0.291 e. The molecule has 12 nitrogen and oxygen atoms in total. The van der Waals surface area contributed by atoms with Crippen LogP contribution in [0.15, 0.2) is 21.9 Å². The van der Waals surface area contributed by atoms with Crippen LogP contribution in [-0.4, -0.2) is 19.7 Å². The maximum absolute atomic E-state index is 11.2. The smallest absolute Gasteiger partial charge is 0.258 e. The van der Waals surface area contributed by atoms with E-state index in [2.05, 4.69) is 0 Å². The van der Waals surface area contributed by atoms with Crippen molar-refractivity contribution in [1.82, 2.24) is 0 Å². The molecule has 0 unspecified atom stereocenters. The van der Waals surface area contributed by atoms with E-state index in [4.69, 9.17) is 0 Å². The van der Waals surface area contributed by atoms with Gasteiger partial charge in [-0.1, -0.05) is 0 Å². The number of hydrogen-bond donors (Lipinski definition) is 0. The molecule has 0 aromatic heterocycles. The third-order valence-corrected chi connectivity index (χ3v) is 5.72. The molecule has 1 heterocycles. The lowest BCUT2D eigenvalue weighted by Gasteiger charge is -2.04. The molecular formula is C10H2N4O8S2. The van der Waals surface area contributed by atoms with Gasteiger partial charge in [0.1, 0.15) is 15.2 Å². The van der Waals surface area contributed by atoms with Crippen LogP contribution in [0.1, 0.15) is 0 Å². The van der Waals surface area contributed by atoms with Crippen LogP contribution in [0.4, 0.5) is 22.7 Å². The van der Waals surface area contributed by atoms with E-state index in [0.717, 1.165) is 21.6 Å². The molecule has 0 saturated heterocycles. The molecule has 2 aromatic carbocycles. The van der Waals surface area contributed by atoms with Gasteiger partial charge in [0.15, 0.2) is 0 Å². The minimum Gasteiger partial charge on any atom is -0.258 e. The zero-order valence-electron chi connectivity index (χ0n) is 11.0. The van der Waals surface area contributed by atoms with Gasteiger partial charge >= 0.3 is 0 Å². The molecule has 0 N–H and O–H groups in total. The van der Waals surface area contributed by atoms with Gasteiger partial charge in [-0.15, -0.1) is 0 Å². The summed E-state index contributed by atoms with van der Waals surface area (Å²) in [5.74, 6) is 0. The number of hydrogen-bond acceptors (Lipinski definition) is 10. The summed E-state index contributed by atoms with van der Waals surface area (Å²) in [7, 11) is 1.60. The van der Waals surface area contributed by atoms with Crippen LogP contribution in [-0.2, 0) is 0 Å². The molecule has 122 valence electrons. The van der Waals surface area contributed by atoms with E-state index in [9.17, 15) is 40.5 Å². The molecule has 0 saturated carbocycles. The lowest BCUT2D eigenvalue weighted by molar-refractivity contribution is -0.399. The van der Waals surface area contributed by atoms with E-state index in [1.54, 1.807) is 0 Å². The minimum atomic E-state index is -0.984. The fraction of sp³-hybridized carbons (Fsp3) is 0. The largest absolute Gasteiger partial charge is 0.291 e. The highest BCUT2D eigenvalue weighted by Gasteiger charge is 2.40. The Kier molecular flexibility index (Phi) is 3.49. The number of nitro groups is 4. The van der Waals surface area contributed by atoms with E-state index >= 15 is 0 Å². The van der Waals surface area contributed by atoms with Gasteiger partial charge in [0.25, 0.3) is 22.7 Å². The molecule has 0 aliphatic carbocycles. The van der Waals surface area contributed by atoms with Gasteiger partial charge in [-0.25, -0.2) is 0 Å². The Morgan fingerprint density at radius 1 is 0.583 bits per heavy atom. The van der Waals surface area contributed by atoms with Crippen molar-refractivity contribution in [2.45, 2.75) is 9.79 Å². The van der Waals surface area contributed by atoms with Crippen molar-refractivity contribution in [2.24, 2.45) is 0 Å². The van der Waals surface area contributed by atoms with Crippen LogP contribution in [0.3, 0.4) is 0 Å². The molecule has 0 amide bonds. The summed E-state index contributed by atoms with van der Waals surface area (Å²) in [6, 6.07) is 1.28. The molecule has 0 fully saturated rings. The summed E-state index contributed by atoms with van der Waals surface area (Å²) < 4.78 is 0. The van der Waals surface area contributed by atoms with Crippen molar-refractivity contribution in [2.75, 3.05) is 0 Å². The lowest BCUT2D eigenvalue weighted by atomic mass is 10.0. The number of nitro benzene ring substituents is 4. The predicted molar refractivity (Wildman–Crippen MR) is 82.3 cm³/mol. The van der Waals surface area contributed by atoms with Crippen LogP contribution in [0, 0.1) is 40.5 Å². The predicted octanol–water partition coefficient (Wildman–Crippen LogP) is 3.59.